The van der Waals surface area contributed by atoms with Crippen LogP contribution in [0.1, 0.15) is 10.5 Å². The molecule has 0 bridgehead atoms. The highest BCUT2D eigenvalue weighted by molar-refractivity contribution is 5.87. The summed E-state index contributed by atoms with van der Waals surface area (Å²) in [5.41, 5.74) is 1.36. The van der Waals surface area contributed by atoms with E-state index >= 15 is 0 Å². The van der Waals surface area contributed by atoms with Crippen LogP contribution in [0.4, 0.5) is 0 Å². The standard InChI is InChI=1S/C12H8N4O2/c17-12(18)9-7-16(15-14-9)10-5-1-3-8-4-2-6-13-11(8)10/h1-7H,(H,17,18). The molecule has 0 radical (unpaired) electrons. The van der Waals surface area contributed by atoms with Gasteiger partial charge in [-0.05, 0) is 12.1 Å². The molecular weight excluding hydrogens is 232 g/mol. The van der Waals surface area contributed by atoms with Gasteiger partial charge in [0.2, 0.25) is 0 Å². The van der Waals surface area contributed by atoms with E-state index in [-0.39, 0.29) is 5.69 Å². The zero-order valence-corrected chi connectivity index (χ0v) is 9.19. The van der Waals surface area contributed by atoms with E-state index in [0.29, 0.717) is 5.69 Å². The Morgan fingerprint density at radius 2 is 2.06 bits per heavy atom. The Bertz CT molecular complexity index is 730. The van der Waals surface area contributed by atoms with Gasteiger partial charge in [0.05, 0.1) is 17.4 Å². The maximum absolute atomic E-state index is 10.8. The fourth-order valence-corrected chi connectivity index (χ4v) is 1.75. The minimum atomic E-state index is -1.10. The molecule has 2 heterocycles. The molecule has 0 saturated heterocycles. The third-order valence-electron chi connectivity index (χ3n) is 2.57. The average Bonchev–Trinajstić information content (AvgIpc) is 2.87. The molecule has 1 N–H and O–H groups in total. The molecule has 0 amide bonds. The Balaban J connectivity index is 2.21. The quantitative estimate of drug-likeness (QED) is 0.734. The van der Waals surface area contributed by atoms with Gasteiger partial charge in [-0.2, -0.15) is 0 Å². The normalized spacial score (nSPS) is 10.7. The summed E-state index contributed by atoms with van der Waals surface area (Å²) in [4.78, 5) is 15.1. The van der Waals surface area contributed by atoms with Crippen molar-refractivity contribution in [3.05, 3.63) is 48.4 Å². The highest BCUT2D eigenvalue weighted by Crippen LogP contribution is 2.19. The summed E-state index contributed by atoms with van der Waals surface area (Å²) in [5.74, 6) is -1.10. The number of hydrogen-bond acceptors (Lipinski definition) is 4. The predicted molar refractivity (Wildman–Crippen MR) is 63.6 cm³/mol. The minimum absolute atomic E-state index is 0.0945. The van der Waals surface area contributed by atoms with Gasteiger partial charge in [-0.15, -0.1) is 5.10 Å². The van der Waals surface area contributed by atoms with Crippen molar-refractivity contribution in [2.75, 3.05) is 0 Å². The van der Waals surface area contributed by atoms with E-state index in [2.05, 4.69) is 15.3 Å². The predicted octanol–water partition coefficient (Wildman–Crippen LogP) is 1.51. The Morgan fingerprint density at radius 3 is 2.83 bits per heavy atom. The number of fused-ring (bicyclic) bond motifs is 1. The number of carboxylic acid groups (broad SMARTS) is 1. The SMILES string of the molecule is O=C(O)c1cn(-c2cccc3cccnc23)nn1. The van der Waals surface area contributed by atoms with Crippen LogP contribution >= 0.6 is 0 Å². The van der Waals surface area contributed by atoms with Crippen molar-refractivity contribution in [1.82, 2.24) is 20.0 Å². The Kier molecular flexibility index (Phi) is 2.26. The molecule has 2 aromatic heterocycles. The highest BCUT2D eigenvalue weighted by Gasteiger charge is 2.11. The summed E-state index contributed by atoms with van der Waals surface area (Å²) < 4.78 is 1.42. The van der Waals surface area contributed by atoms with E-state index in [1.165, 1.54) is 10.9 Å². The van der Waals surface area contributed by atoms with Crippen LogP contribution in [0, 0.1) is 0 Å². The molecule has 18 heavy (non-hydrogen) atoms. The van der Waals surface area contributed by atoms with Gasteiger partial charge in [-0.25, -0.2) is 9.48 Å². The first-order valence-corrected chi connectivity index (χ1v) is 5.25. The number of para-hydroxylation sites is 1. The van der Waals surface area contributed by atoms with Gasteiger partial charge < -0.3 is 5.11 Å². The third kappa shape index (κ3) is 1.60. The van der Waals surface area contributed by atoms with Gasteiger partial charge in [0.25, 0.3) is 0 Å². The lowest BCUT2D eigenvalue weighted by Gasteiger charge is -2.03. The first-order chi connectivity index (χ1) is 8.75. The van der Waals surface area contributed by atoms with Gasteiger partial charge in [0.15, 0.2) is 5.69 Å². The zero-order chi connectivity index (χ0) is 12.5. The molecule has 3 rings (SSSR count). The summed E-state index contributed by atoms with van der Waals surface area (Å²) in [6.07, 6.45) is 3.05. The van der Waals surface area contributed by atoms with Crippen molar-refractivity contribution in [1.29, 1.82) is 0 Å². The number of rotatable bonds is 2. The highest BCUT2D eigenvalue weighted by atomic mass is 16.4. The third-order valence-corrected chi connectivity index (χ3v) is 2.57. The molecular formula is C12H8N4O2. The van der Waals surface area contributed by atoms with Crippen LogP contribution in [0.3, 0.4) is 0 Å². The van der Waals surface area contributed by atoms with Crippen molar-refractivity contribution < 1.29 is 9.90 Å². The first kappa shape index (κ1) is 10.4. The van der Waals surface area contributed by atoms with Crippen LogP contribution < -0.4 is 0 Å². The number of pyridine rings is 1. The van der Waals surface area contributed by atoms with Crippen molar-refractivity contribution in [3.63, 3.8) is 0 Å². The molecule has 6 heteroatoms. The number of carboxylic acids is 1. The molecule has 0 aliphatic carbocycles. The van der Waals surface area contributed by atoms with E-state index in [9.17, 15) is 4.79 Å². The molecule has 0 aliphatic rings. The summed E-state index contributed by atoms with van der Waals surface area (Å²) >= 11 is 0. The summed E-state index contributed by atoms with van der Waals surface area (Å²) in [6, 6.07) is 9.38. The van der Waals surface area contributed by atoms with Crippen molar-refractivity contribution in [2.45, 2.75) is 0 Å². The molecule has 0 aliphatic heterocycles. The average molecular weight is 240 g/mol. The number of aromatic carboxylic acids is 1. The van der Waals surface area contributed by atoms with Crippen LogP contribution in [0.25, 0.3) is 16.6 Å². The van der Waals surface area contributed by atoms with E-state index < -0.39 is 5.97 Å². The van der Waals surface area contributed by atoms with Crippen LogP contribution in [0.5, 0.6) is 0 Å². The van der Waals surface area contributed by atoms with Gasteiger partial charge in [-0.1, -0.05) is 23.4 Å². The van der Waals surface area contributed by atoms with Crippen molar-refractivity contribution >= 4 is 16.9 Å². The van der Waals surface area contributed by atoms with E-state index in [1.807, 2.05) is 30.3 Å². The molecule has 0 spiro atoms. The summed E-state index contributed by atoms with van der Waals surface area (Å²) in [6.45, 7) is 0. The Morgan fingerprint density at radius 1 is 1.22 bits per heavy atom. The van der Waals surface area contributed by atoms with Gasteiger partial charge in [-0.3, -0.25) is 4.98 Å². The van der Waals surface area contributed by atoms with Crippen LogP contribution in [0.15, 0.2) is 42.7 Å². The van der Waals surface area contributed by atoms with E-state index in [4.69, 9.17) is 5.11 Å². The summed E-state index contributed by atoms with van der Waals surface area (Å²) in [7, 11) is 0. The van der Waals surface area contributed by atoms with E-state index in [0.717, 1.165) is 10.9 Å². The molecule has 88 valence electrons. The molecule has 0 fully saturated rings. The number of nitrogens with zero attached hydrogens (tertiary/aromatic N) is 4. The Labute approximate surface area is 102 Å². The largest absolute Gasteiger partial charge is 0.476 e. The van der Waals surface area contributed by atoms with Gasteiger partial charge >= 0.3 is 5.97 Å². The smallest absolute Gasteiger partial charge is 0.358 e. The maximum atomic E-state index is 10.8. The van der Waals surface area contributed by atoms with E-state index in [1.54, 1.807) is 6.20 Å². The number of hydrogen-bond donors (Lipinski definition) is 1. The molecule has 0 atom stereocenters. The second kappa shape index (κ2) is 3.92. The fraction of sp³-hybridized carbons (Fsp3) is 0. The lowest BCUT2D eigenvalue weighted by molar-refractivity contribution is 0.0690. The van der Waals surface area contributed by atoms with Crippen LogP contribution in [-0.2, 0) is 0 Å². The number of benzene rings is 1. The van der Waals surface area contributed by atoms with Gasteiger partial charge in [0.1, 0.15) is 0 Å². The number of carbonyl (C=O) groups is 1. The molecule has 6 nitrogen and oxygen atoms in total. The fourth-order valence-electron chi connectivity index (χ4n) is 1.75. The van der Waals surface area contributed by atoms with Crippen molar-refractivity contribution in [2.24, 2.45) is 0 Å². The molecule has 1 aromatic carbocycles. The van der Waals surface area contributed by atoms with Gasteiger partial charge in [0, 0.05) is 11.6 Å². The minimum Gasteiger partial charge on any atom is -0.476 e. The zero-order valence-electron chi connectivity index (χ0n) is 9.19. The Hall–Kier alpha value is -2.76. The topological polar surface area (TPSA) is 80.9 Å². The first-order valence-electron chi connectivity index (χ1n) is 5.25. The molecule has 0 saturated carbocycles. The second-order valence-electron chi connectivity index (χ2n) is 3.71. The second-order valence-corrected chi connectivity index (χ2v) is 3.71. The summed E-state index contributed by atoms with van der Waals surface area (Å²) in [5, 5.41) is 17.2. The number of aromatic nitrogens is 4. The lowest BCUT2D eigenvalue weighted by Crippen LogP contribution is -1.97. The molecule has 3 aromatic rings. The van der Waals surface area contributed by atoms with Crippen LogP contribution in [-0.4, -0.2) is 31.1 Å². The molecule has 0 unspecified atom stereocenters. The van der Waals surface area contributed by atoms with Crippen molar-refractivity contribution in [3.8, 4) is 5.69 Å². The monoisotopic (exact) mass is 240 g/mol. The maximum Gasteiger partial charge on any atom is 0.358 e. The lowest BCUT2D eigenvalue weighted by atomic mass is 10.2. The van der Waals surface area contributed by atoms with Crippen LogP contribution in [0.2, 0.25) is 0 Å².